The minimum absolute atomic E-state index is 0.00720. The Kier molecular flexibility index (Phi) is 4.44. The molecule has 0 radical (unpaired) electrons. The normalized spacial score (nSPS) is 12.9. The van der Waals surface area contributed by atoms with E-state index in [2.05, 4.69) is 9.71 Å². The number of anilines is 1. The smallest absolute Gasteiger partial charge is 0.244 e. The van der Waals surface area contributed by atoms with E-state index in [4.69, 9.17) is 10.5 Å². The van der Waals surface area contributed by atoms with E-state index in [-0.39, 0.29) is 10.6 Å². The Bertz CT molecular complexity index is 717. The van der Waals surface area contributed by atoms with Crippen molar-refractivity contribution in [1.82, 2.24) is 9.71 Å². The van der Waals surface area contributed by atoms with Crippen molar-refractivity contribution in [3.05, 3.63) is 48.3 Å². The first-order valence-electron chi connectivity index (χ1n) is 6.31. The monoisotopic (exact) mass is 307 g/mol. The maximum Gasteiger partial charge on any atom is 0.244 e. The molecule has 1 aromatic carbocycles. The first-order valence-corrected chi connectivity index (χ1v) is 7.79. The lowest BCUT2D eigenvalue weighted by atomic mass is 10.2. The Morgan fingerprint density at radius 2 is 2.05 bits per heavy atom. The third-order valence-electron chi connectivity index (χ3n) is 2.94. The number of nitrogens with two attached hydrogens (primary N) is 1. The number of sulfonamides is 1. The highest BCUT2D eigenvalue weighted by Gasteiger charge is 2.23. The third kappa shape index (κ3) is 3.50. The number of rotatable bonds is 5. The van der Waals surface area contributed by atoms with E-state index in [1.807, 2.05) is 0 Å². The number of pyridine rings is 1. The van der Waals surface area contributed by atoms with Crippen LogP contribution in [0.4, 0.5) is 5.69 Å². The van der Waals surface area contributed by atoms with Gasteiger partial charge in [-0.3, -0.25) is 4.98 Å². The summed E-state index contributed by atoms with van der Waals surface area (Å²) in [5.74, 6) is 0.241. The van der Waals surface area contributed by atoms with Crippen LogP contribution >= 0.6 is 0 Å². The third-order valence-corrected chi connectivity index (χ3v) is 4.50. The van der Waals surface area contributed by atoms with Crippen molar-refractivity contribution in [1.29, 1.82) is 0 Å². The zero-order chi connectivity index (χ0) is 15.5. The quantitative estimate of drug-likeness (QED) is 0.820. The molecule has 1 heterocycles. The van der Waals surface area contributed by atoms with Gasteiger partial charge in [0, 0.05) is 11.9 Å². The maximum absolute atomic E-state index is 12.5. The summed E-state index contributed by atoms with van der Waals surface area (Å²) >= 11 is 0. The minimum atomic E-state index is -3.77. The Balaban J connectivity index is 2.33. The molecule has 0 spiro atoms. The van der Waals surface area contributed by atoms with Gasteiger partial charge in [-0.25, -0.2) is 13.1 Å². The molecule has 21 heavy (non-hydrogen) atoms. The van der Waals surface area contributed by atoms with Crippen LogP contribution in [0, 0.1) is 0 Å². The topological polar surface area (TPSA) is 94.3 Å². The molecule has 0 aliphatic rings. The van der Waals surface area contributed by atoms with Crippen molar-refractivity contribution < 1.29 is 13.2 Å². The highest BCUT2D eigenvalue weighted by Crippen LogP contribution is 2.27. The van der Waals surface area contributed by atoms with Crippen LogP contribution in [-0.4, -0.2) is 20.5 Å². The largest absolute Gasteiger partial charge is 0.495 e. The van der Waals surface area contributed by atoms with E-state index in [9.17, 15) is 8.42 Å². The molecule has 1 atom stereocenters. The number of hydrogen-bond donors (Lipinski definition) is 2. The van der Waals surface area contributed by atoms with Gasteiger partial charge >= 0.3 is 0 Å². The van der Waals surface area contributed by atoms with E-state index in [1.54, 1.807) is 37.4 Å². The van der Waals surface area contributed by atoms with Gasteiger partial charge in [0.15, 0.2) is 0 Å². The average Bonchev–Trinajstić information content (AvgIpc) is 2.47. The number of nitrogen functional groups attached to an aromatic ring is 1. The lowest BCUT2D eigenvalue weighted by Gasteiger charge is -2.15. The first kappa shape index (κ1) is 15.3. The SMILES string of the molecule is COc1ccc(N)cc1S(=O)(=O)NC(C)c1ccccn1. The summed E-state index contributed by atoms with van der Waals surface area (Å²) in [4.78, 5) is 4.14. The van der Waals surface area contributed by atoms with E-state index >= 15 is 0 Å². The summed E-state index contributed by atoms with van der Waals surface area (Å²) < 4.78 is 32.6. The summed E-state index contributed by atoms with van der Waals surface area (Å²) in [6, 6.07) is 9.33. The Labute approximate surface area is 124 Å². The molecule has 7 heteroatoms. The van der Waals surface area contributed by atoms with Crippen LogP contribution in [0.5, 0.6) is 5.75 Å². The molecule has 0 amide bonds. The highest BCUT2D eigenvalue weighted by molar-refractivity contribution is 7.89. The van der Waals surface area contributed by atoms with Crippen LogP contribution < -0.4 is 15.2 Å². The van der Waals surface area contributed by atoms with Gasteiger partial charge in [0.25, 0.3) is 0 Å². The van der Waals surface area contributed by atoms with Gasteiger partial charge in [-0.1, -0.05) is 6.07 Å². The van der Waals surface area contributed by atoms with E-state index in [1.165, 1.54) is 19.2 Å². The fourth-order valence-electron chi connectivity index (χ4n) is 1.89. The molecule has 2 rings (SSSR count). The predicted molar refractivity (Wildman–Crippen MR) is 80.4 cm³/mol. The molecule has 112 valence electrons. The summed E-state index contributed by atoms with van der Waals surface area (Å²) in [7, 11) is -2.36. The second kappa shape index (κ2) is 6.11. The zero-order valence-electron chi connectivity index (χ0n) is 11.8. The van der Waals surface area contributed by atoms with Crippen LogP contribution in [-0.2, 0) is 10.0 Å². The molecular formula is C14H17N3O3S. The number of hydrogen-bond acceptors (Lipinski definition) is 5. The van der Waals surface area contributed by atoms with Gasteiger partial charge in [-0.05, 0) is 37.3 Å². The Morgan fingerprint density at radius 1 is 1.29 bits per heavy atom. The number of benzene rings is 1. The van der Waals surface area contributed by atoms with Gasteiger partial charge in [0.05, 0.1) is 18.8 Å². The van der Waals surface area contributed by atoms with Gasteiger partial charge in [-0.2, -0.15) is 0 Å². The van der Waals surface area contributed by atoms with Crippen molar-refractivity contribution >= 4 is 15.7 Å². The number of methoxy groups -OCH3 is 1. The zero-order valence-corrected chi connectivity index (χ0v) is 12.6. The molecule has 1 unspecified atom stereocenters. The van der Waals surface area contributed by atoms with Gasteiger partial charge in [0.1, 0.15) is 10.6 Å². The first-order chi connectivity index (χ1) is 9.94. The molecule has 2 aromatic rings. The second-order valence-electron chi connectivity index (χ2n) is 4.51. The molecule has 0 aliphatic heterocycles. The predicted octanol–water partition coefficient (Wildman–Crippen LogP) is 1.71. The lowest BCUT2D eigenvalue weighted by Crippen LogP contribution is -2.27. The van der Waals surface area contributed by atoms with Crippen molar-refractivity contribution in [2.24, 2.45) is 0 Å². The summed E-state index contributed by atoms with van der Waals surface area (Å²) in [6.07, 6.45) is 1.61. The summed E-state index contributed by atoms with van der Waals surface area (Å²) in [5, 5.41) is 0. The standard InChI is InChI=1S/C14H17N3O3S/c1-10(12-5-3-4-8-16-12)17-21(18,19)14-9-11(15)6-7-13(14)20-2/h3-10,17H,15H2,1-2H3. The fraction of sp³-hybridized carbons (Fsp3) is 0.214. The molecular weight excluding hydrogens is 290 g/mol. The Morgan fingerprint density at radius 3 is 2.67 bits per heavy atom. The lowest BCUT2D eigenvalue weighted by molar-refractivity contribution is 0.402. The van der Waals surface area contributed by atoms with Gasteiger partial charge in [-0.15, -0.1) is 0 Å². The minimum Gasteiger partial charge on any atom is -0.495 e. The number of ether oxygens (including phenoxy) is 1. The van der Waals surface area contributed by atoms with Gasteiger partial charge < -0.3 is 10.5 Å². The van der Waals surface area contributed by atoms with Crippen molar-refractivity contribution in [2.75, 3.05) is 12.8 Å². The molecule has 0 aliphatic carbocycles. The highest BCUT2D eigenvalue weighted by atomic mass is 32.2. The molecule has 0 saturated heterocycles. The molecule has 0 fully saturated rings. The van der Waals surface area contributed by atoms with Crippen molar-refractivity contribution in [2.45, 2.75) is 17.9 Å². The summed E-state index contributed by atoms with van der Waals surface area (Å²) in [6.45, 7) is 1.72. The van der Waals surface area contributed by atoms with E-state index in [0.717, 1.165) is 0 Å². The van der Waals surface area contributed by atoms with Gasteiger partial charge in [0.2, 0.25) is 10.0 Å². The molecule has 6 nitrogen and oxygen atoms in total. The molecule has 1 aromatic heterocycles. The average molecular weight is 307 g/mol. The fourth-order valence-corrected chi connectivity index (χ4v) is 3.31. The van der Waals surface area contributed by atoms with Crippen molar-refractivity contribution in [3.63, 3.8) is 0 Å². The van der Waals surface area contributed by atoms with Crippen LogP contribution in [0.15, 0.2) is 47.5 Å². The molecule has 0 saturated carbocycles. The van der Waals surface area contributed by atoms with Crippen LogP contribution in [0.2, 0.25) is 0 Å². The van der Waals surface area contributed by atoms with Crippen molar-refractivity contribution in [3.8, 4) is 5.75 Å². The molecule has 3 N–H and O–H groups in total. The summed E-state index contributed by atoms with van der Waals surface area (Å²) in [5.41, 5.74) is 6.64. The maximum atomic E-state index is 12.5. The van der Waals surface area contributed by atoms with Crippen LogP contribution in [0.1, 0.15) is 18.7 Å². The number of aromatic nitrogens is 1. The van der Waals surface area contributed by atoms with E-state index in [0.29, 0.717) is 11.4 Å². The molecule has 0 bridgehead atoms. The van der Waals surface area contributed by atoms with Crippen LogP contribution in [0.25, 0.3) is 0 Å². The Hall–Kier alpha value is -2.12. The number of nitrogens with zero attached hydrogens (tertiary/aromatic N) is 1. The second-order valence-corrected chi connectivity index (χ2v) is 6.19. The van der Waals surface area contributed by atoms with E-state index < -0.39 is 16.1 Å². The number of nitrogens with one attached hydrogen (secondary N) is 1. The van der Waals surface area contributed by atoms with Crippen LogP contribution in [0.3, 0.4) is 0 Å².